The summed E-state index contributed by atoms with van der Waals surface area (Å²) in [6.45, 7) is 0. The van der Waals surface area contributed by atoms with E-state index in [0.717, 1.165) is 30.3 Å². The number of rotatable bonds is 4. The second-order valence-corrected chi connectivity index (χ2v) is 8.17. The molecule has 0 radical (unpaired) electrons. The monoisotopic (exact) mass is 414 g/mol. The molecular formula is C14H10N2O9S2. The molecule has 0 aliphatic carbocycles. The molecule has 4 N–H and O–H groups in total. The average Bonchev–Trinajstić information content (AvgIpc) is 2.93. The first-order chi connectivity index (χ1) is 12.4. The van der Waals surface area contributed by atoms with Crippen molar-refractivity contribution >= 4 is 37.0 Å². The zero-order valence-corrected chi connectivity index (χ0v) is 14.7. The van der Waals surface area contributed by atoms with Gasteiger partial charge in [-0.1, -0.05) is 12.1 Å². The van der Waals surface area contributed by atoms with Gasteiger partial charge in [-0.15, -0.1) is 0 Å². The Kier molecular flexibility index (Phi) is 4.19. The van der Waals surface area contributed by atoms with E-state index in [2.05, 4.69) is 5.10 Å². The van der Waals surface area contributed by atoms with Crippen LogP contribution in [-0.4, -0.2) is 46.8 Å². The van der Waals surface area contributed by atoms with Crippen molar-refractivity contribution in [2.24, 2.45) is 0 Å². The molecule has 0 bridgehead atoms. The van der Waals surface area contributed by atoms with Crippen LogP contribution in [0.1, 0.15) is 10.5 Å². The van der Waals surface area contributed by atoms with Gasteiger partial charge >= 0.3 is 5.97 Å². The molecule has 142 valence electrons. The van der Waals surface area contributed by atoms with Gasteiger partial charge in [-0.3, -0.25) is 19.0 Å². The van der Waals surface area contributed by atoms with Crippen LogP contribution in [0, 0.1) is 0 Å². The molecule has 0 saturated heterocycles. The molecule has 0 aliphatic heterocycles. The fourth-order valence-corrected chi connectivity index (χ4v) is 4.00. The number of carboxylic acids is 1. The topological polar surface area (TPSA) is 184 Å². The molecule has 2 aromatic carbocycles. The van der Waals surface area contributed by atoms with E-state index in [1.807, 2.05) is 0 Å². The first kappa shape index (κ1) is 18.8. The zero-order chi connectivity index (χ0) is 20.1. The van der Waals surface area contributed by atoms with Crippen LogP contribution >= 0.6 is 0 Å². The Balaban J connectivity index is 2.50. The third kappa shape index (κ3) is 3.35. The molecule has 0 spiro atoms. The lowest BCUT2D eigenvalue weighted by Crippen LogP contribution is -2.15. The van der Waals surface area contributed by atoms with Crippen molar-refractivity contribution < 1.29 is 35.8 Å². The summed E-state index contributed by atoms with van der Waals surface area (Å²) in [7, 11) is -9.64. The maximum Gasteiger partial charge on any atom is 0.353 e. The minimum Gasteiger partial charge on any atom is -0.477 e. The van der Waals surface area contributed by atoms with Gasteiger partial charge in [0.15, 0.2) is 0 Å². The standard InChI is InChI=1S/C14H10N2O9S2/c17-13-6-10(14(18)19)15-16(13)7-4-9-8(12(5-7)27(23,24)25)2-1-3-11(9)26(20,21)22/h1-6,15H,(H,18,19)(H,20,21,22)(H,23,24,25). The number of aromatic amines is 1. The van der Waals surface area contributed by atoms with E-state index in [1.165, 1.54) is 6.07 Å². The molecule has 3 rings (SSSR count). The van der Waals surface area contributed by atoms with Gasteiger partial charge in [-0.05, 0) is 18.2 Å². The van der Waals surface area contributed by atoms with Crippen LogP contribution in [0.2, 0.25) is 0 Å². The summed E-state index contributed by atoms with van der Waals surface area (Å²) in [5.41, 5.74) is -1.65. The molecule has 13 heteroatoms. The first-order valence-electron chi connectivity index (χ1n) is 6.97. The average molecular weight is 414 g/mol. The van der Waals surface area contributed by atoms with E-state index in [9.17, 15) is 35.5 Å². The predicted octanol–water partition coefficient (Wildman–Crippen LogP) is 0.510. The molecule has 1 heterocycles. The number of hydrogen-bond acceptors (Lipinski definition) is 6. The van der Waals surface area contributed by atoms with Gasteiger partial charge in [0.1, 0.15) is 15.5 Å². The van der Waals surface area contributed by atoms with Gasteiger partial charge in [0, 0.05) is 16.8 Å². The van der Waals surface area contributed by atoms with Gasteiger partial charge in [-0.2, -0.15) is 16.8 Å². The SMILES string of the molecule is O=C(O)c1cc(=O)n(-c2cc(S(=O)(=O)O)c3cccc(S(=O)(=O)O)c3c2)[nH]1. The van der Waals surface area contributed by atoms with Gasteiger partial charge in [0.2, 0.25) is 0 Å². The van der Waals surface area contributed by atoms with E-state index in [0.29, 0.717) is 4.68 Å². The third-order valence-electron chi connectivity index (χ3n) is 3.67. The number of hydrogen-bond donors (Lipinski definition) is 4. The molecular weight excluding hydrogens is 404 g/mol. The molecule has 27 heavy (non-hydrogen) atoms. The summed E-state index contributed by atoms with van der Waals surface area (Å²) in [5.74, 6) is -1.46. The van der Waals surface area contributed by atoms with Crippen molar-refractivity contribution in [3.8, 4) is 5.69 Å². The predicted molar refractivity (Wildman–Crippen MR) is 90.5 cm³/mol. The minimum atomic E-state index is -4.87. The highest BCUT2D eigenvalue weighted by molar-refractivity contribution is 7.86. The van der Waals surface area contributed by atoms with Crippen molar-refractivity contribution in [2.75, 3.05) is 0 Å². The number of nitrogens with zero attached hydrogens (tertiary/aromatic N) is 1. The van der Waals surface area contributed by atoms with Crippen LogP contribution in [0.5, 0.6) is 0 Å². The maximum absolute atomic E-state index is 12.0. The summed E-state index contributed by atoms with van der Waals surface area (Å²) in [4.78, 5) is 21.6. The number of carbonyl (C=O) groups is 1. The highest BCUT2D eigenvalue weighted by atomic mass is 32.2. The highest BCUT2D eigenvalue weighted by Crippen LogP contribution is 2.31. The summed E-state index contributed by atoms with van der Waals surface area (Å²) in [6.07, 6.45) is 0. The minimum absolute atomic E-state index is 0.227. The number of carboxylic acid groups (broad SMARTS) is 1. The van der Waals surface area contributed by atoms with Crippen LogP contribution in [0.4, 0.5) is 0 Å². The first-order valence-corrected chi connectivity index (χ1v) is 9.85. The maximum atomic E-state index is 12.0. The molecule has 0 unspecified atom stereocenters. The van der Waals surface area contributed by atoms with Crippen LogP contribution in [0.3, 0.4) is 0 Å². The second kappa shape index (κ2) is 6.02. The van der Waals surface area contributed by atoms with E-state index in [-0.39, 0.29) is 16.5 Å². The summed E-state index contributed by atoms with van der Waals surface area (Å²) in [6, 6.07) is 5.98. The largest absolute Gasteiger partial charge is 0.477 e. The lowest BCUT2D eigenvalue weighted by molar-refractivity contribution is 0.0690. The quantitative estimate of drug-likeness (QED) is 0.442. The van der Waals surface area contributed by atoms with E-state index in [1.54, 1.807) is 0 Å². The van der Waals surface area contributed by atoms with Crippen molar-refractivity contribution in [2.45, 2.75) is 9.79 Å². The Hall–Kier alpha value is -3.00. The Morgan fingerprint density at radius 1 is 0.926 bits per heavy atom. The van der Waals surface area contributed by atoms with Crippen LogP contribution in [-0.2, 0) is 20.2 Å². The number of H-pyrrole nitrogens is 1. The van der Waals surface area contributed by atoms with Gasteiger partial charge in [-0.25, -0.2) is 9.48 Å². The summed E-state index contributed by atoms with van der Waals surface area (Å²) >= 11 is 0. The van der Waals surface area contributed by atoms with E-state index < -0.39 is 47.2 Å². The molecule has 11 nitrogen and oxygen atoms in total. The van der Waals surface area contributed by atoms with Crippen molar-refractivity contribution in [3.05, 3.63) is 52.4 Å². The third-order valence-corrected chi connectivity index (χ3v) is 5.47. The number of benzene rings is 2. The Morgan fingerprint density at radius 2 is 1.56 bits per heavy atom. The number of fused-ring (bicyclic) bond motifs is 1. The smallest absolute Gasteiger partial charge is 0.353 e. The van der Waals surface area contributed by atoms with Gasteiger partial charge in [0.25, 0.3) is 25.8 Å². The Labute approximate surface area is 151 Å². The molecule has 0 aliphatic rings. The van der Waals surface area contributed by atoms with Gasteiger partial charge < -0.3 is 5.11 Å². The van der Waals surface area contributed by atoms with Crippen molar-refractivity contribution in [1.82, 2.24) is 9.78 Å². The zero-order valence-electron chi connectivity index (χ0n) is 13.0. The van der Waals surface area contributed by atoms with Crippen LogP contribution in [0.15, 0.2) is 51.0 Å². The van der Waals surface area contributed by atoms with Crippen LogP contribution in [0.25, 0.3) is 16.5 Å². The van der Waals surface area contributed by atoms with E-state index >= 15 is 0 Å². The summed E-state index contributed by atoms with van der Waals surface area (Å²) < 4.78 is 66.2. The molecule has 1 aromatic heterocycles. The molecule has 0 fully saturated rings. The normalized spacial score (nSPS) is 12.4. The lowest BCUT2D eigenvalue weighted by Gasteiger charge is -2.11. The van der Waals surface area contributed by atoms with Gasteiger partial charge in [0.05, 0.1) is 5.69 Å². The van der Waals surface area contributed by atoms with Crippen molar-refractivity contribution in [1.29, 1.82) is 0 Å². The second-order valence-electron chi connectivity index (χ2n) is 5.39. The number of aromatic nitrogens is 2. The van der Waals surface area contributed by atoms with Crippen molar-refractivity contribution in [3.63, 3.8) is 0 Å². The fourth-order valence-electron chi connectivity index (χ4n) is 2.57. The number of aromatic carboxylic acids is 1. The lowest BCUT2D eigenvalue weighted by atomic mass is 10.1. The molecule has 3 aromatic rings. The molecule has 0 atom stereocenters. The molecule has 0 amide bonds. The highest BCUT2D eigenvalue weighted by Gasteiger charge is 2.22. The fraction of sp³-hybridized carbons (Fsp3) is 0. The summed E-state index contributed by atoms with van der Waals surface area (Å²) in [5, 5.41) is 10.6. The van der Waals surface area contributed by atoms with E-state index in [4.69, 9.17) is 5.11 Å². The molecule has 0 saturated carbocycles. The Morgan fingerprint density at radius 3 is 2.07 bits per heavy atom. The Bertz CT molecular complexity index is 1370. The number of nitrogens with one attached hydrogen (secondary N) is 1. The van der Waals surface area contributed by atoms with Crippen LogP contribution < -0.4 is 5.56 Å².